The smallest absolute Gasteiger partial charge is 0.371 e. The Hall–Kier alpha value is -1.38. The van der Waals surface area contributed by atoms with Gasteiger partial charge in [-0.15, -0.1) is 0 Å². The molecule has 2 rings (SSSR count). The maximum Gasteiger partial charge on any atom is 0.371 e. The summed E-state index contributed by atoms with van der Waals surface area (Å²) in [5.41, 5.74) is 0. The number of aromatic carboxylic acids is 1. The van der Waals surface area contributed by atoms with E-state index in [1.54, 1.807) is 0 Å². The zero-order valence-corrected chi connectivity index (χ0v) is 11.9. The highest BCUT2D eigenvalue weighted by molar-refractivity contribution is 7.89. The van der Waals surface area contributed by atoms with E-state index in [0.29, 0.717) is 13.0 Å². The normalized spacial score (nSPS) is 21.0. The number of piperidine rings is 1. The Morgan fingerprint density at radius 3 is 2.75 bits per heavy atom. The van der Waals surface area contributed by atoms with E-state index in [0.717, 1.165) is 18.9 Å². The van der Waals surface area contributed by atoms with Crippen LogP contribution in [0.25, 0.3) is 0 Å². The third-order valence-electron chi connectivity index (χ3n) is 3.45. The topological polar surface area (TPSA) is 108 Å². The zero-order valence-electron chi connectivity index (χ0n) is 11.1. The van der Waals surface area contributed by atoms with Gasteiger partial charge in [0.25, 0.3) is 0 Å². The molecular weight excluding hydrogens is 286 g/mol. The lowest BCUT2D eigenvalue weighted by Crippen LogP contribution is -2.45. The number of aliphatic hydroxyl groups excluding tert-OH is 1. The van der Waals surface area contributed by atoms with Crippen molar-refractivity contribution in [2.75, 3.05) is 13.2 Å². The summed E-state index contributed by atoms with van der Waals surface area (Å²) in [4.78, 5) is 10.7. The van der Waals surface area contributed by atoms with Crippen molar-refractivity contribution in [1.29, 1.82) is 0 Å². The van der Waals surface area contributed by atoms with Gasteiger partial charge in [0.05, 0.1) is 6.61 Å². The molecule has 1 unspecified atom stereocenters. The van der Waals surface area contributed by atoms with E-state index in [1.165, 1.54) is 11.2 Å². The number of rotatable bonds is 4. The number of aliphatic hydroxyl groups is 1. The number of carboxylic acids is 1. The monoisotopic (exact) mass is 303 g/mol. The molecule has 20 heavy (non-hydrogen) atoms. The summed E-state index contributed by atoms with van der Waals surface area (Å²) in [7, 11) is -3.85. The predicted octanol–water partition coefficient (Wildman–Crippen LogP) is 0.822. The summed E-state index contributed by atoms with van der Waals surface area (Å²) in [6.45, 7) is 1.49. The van der Waals surface area contributed by atoms with Crippen LogP contribution in [-0.4, -0.2) is 48.1 Å². The minimum Gasteiger partial charge on any atom is -0.475 e. The molecular formula is C12H17NO6S. The summed E-state index contributed by atoms with van der Waals surface area (Å²) in [5.74, 6) is -1.67. The van der Waals surface area contributed by atoms with Gasteiger partial charge in [0.2, 0.25) is 15.8 Å². The predicted molar refractivity (Wildman–Crippen MR) is 69.0 cm³/mol. The third-order valence-corrected chi connectivity index (χ3v) is 5.51. The molecule has 1 aliphatic heterocycles. The zero-order chi connectivity index (χ0) is 14.9. The maximum absolute atomic E-state index is 12.6. The van der Waals surface area contributed by atoms with E-state index < -0.39 is 27.8 Å². The summed E-state index contributed by atoms with van der Waals surface area (Å²) in [6, 6.07) is 0.562. The van der Waals surface area contributed by atoms with Crippen molar-refractivity contribution in [3.63, 3.8) is 0 Å². The summed E-state index contributed by atoms with van der Waals surface area (Å²) in [5, 5.41) is 18.2. The first-order valence-electron chi connectivity index (χ1n) is 6.34. The Labute approximate surface area is 116 Å². The van der Waals surface area contributed by atoms with Crippen LogP contribution in [-0.2, 0) is 10.0 Å². The first-order valence-corrected chi connectivity index (χ1v) is 7.78. The number of carboxylic acid groups (broad SMARTS) is 1. The average molecular weight is 303 g/mol. The summed E-state index contributed by atoms with van der Waals surface area (Å²) < 4.78 is 31.3. The van der Waals surface area contributed by atoms with Gasteiger partial charge in [-0.3, -0.25) is 0 Å². The molecule has 2 heterocycles. The highest BCUT2D eigenvalue weighted by atomic mass is 32.2. The Kier molecular flexibility index (Phi) is 4.17. The molecule has 112 valence electrons. The molecule has 2 N–H and O–H groups in total. The van der Waals surface area contributed by atoms with Crippen LogP contribution in [0, 0.1) is 6.92 Å². The van der Waals surface area contributed by atoms with E-state index in [2.05, 4.69) is 0 Å². The molecule has 8 heteroatoms. The molecule has 0 amide bonds. The Morgan fingerprint density at radius 1 is 1.50 bits per heavy atom. The quantitative estimate of drug-likeness (QED) is 0.852. The van der Waals surface area contributed by atoms with E-state index in [1.807, 2.05) is 0 Å². The number of hydrogen-bond donors (Lipinski definition) is 2. The summed E-state index contributed by atoms with van der Waals surface area (Å²) >= 11 is 0. The number of sulfonamides is 1. The molecule has 0 aliphatic carbocycles. The molecule has 0 radical (unpaired) electrons. The molecule has 1 atom stereocenters. The summed E-state index contributed by atoms with van der Waals surface area (Å²) in [6.07, 6.45) is 2.18. The van der Waals surface area contributed by atoms with Crippen LogP contribution in [0.3, 0.4) is 0 Å². The standard InChI is InChI=1S/C12H17NO6S/c1-8-11(6-10(19-8)12(15)16)20(17,18)13-5-3-2-4-9(13)7-14/h6,9,14H,2-5,7H2,1H3,(H,15,16). The van der Waals surface area contributed by atoms with Crippen molar-refractivity contribution in [2.45, 2.75) is 37.1 Å². The molecule has 1 aromatic heterocycles. The van der Waals surface area contributed by atoms with E-state index >= 15 is 0 Å². The van der Waals surface area contributed by atoms with Crippen LogP contribution in [0.2, 0.25) is 0 Å². The van der Waals surface area contributed by atoms with E-state index in [9.17, 15) is 18.3 Å². The van der Waals surface area contributed by atoms with E-state index in [-0.39, 0.29) is 17.3 Å². The van der Waals surface area contributed by atoms with Crippen LogP contribution in [0.1, 0.15) is 35.6 Å². The van der Waals surface area contributed by atoms with Gasteiger partial charge in [-0.1, -0.05) is 6.42 Å². The fraction of sp³-hybridized carbons (Fsp3) is 0.583. The first-order chi connectivity index (χ1) is 9.37. The van der Waals surface area contributed by atoms with Gasteiger partial charge < -0.3 is 14.6 Å². The average Bonchev–Trinajstić information content (AvgIpc) is 2.81. The van der Waals surface area contributed by atoms with Gasteiger partial charge in [-0.2, -0.15) is 4.31 Å². The molecule has 0 aromatic carbocycles. The Morgan fingerprint density at radius 2 is 2.20 bits per heavy atom. The lowest BCUT2D eigenvalue weighted by atomic mass is 10.1. The second-order valence-electron chi connectivity index (χ2n) is 4.78. The van der Waals surface area contributed by atoms with Gasteiger partial charge in [-0.25, -0.2) is 13.2 Å². The fourth-order valence-electron chi connectivity index (χ4n) is 2.43. The Bertz CT molecular complexity index is 605. The van der Waals surface area contributed by atoms with Crippen molar-refractivity contribution >= 4 is 16.0 Å². The van der Waals surface area contributed by atoms with Gasteiger partial charge in [0, 0.05) is 18.7 Å². The lowest BCUT2D eigenvalue weighted by Gasteiger charge is -2.33. The molecule has 7 nitrogen and oxygen atoms in total. The lowest BCUT2D eigenvalue weighted by molar-refractivity contribution is 0.0661. The maximum atomic E-state index is 12.6. The van der Waals surface area contributed by atoms with Crippen LogP contribution in [0.5, 0.6) is 0 Å². The van der Waals surface area contributed by atoms with Crippen LogP contribution in [0.4, 0.5) is 0 Å². The fourth-order valence-corrected chi connectivity index (χ4v) is 4.27. The molecule has 0 bridgehead atoms. The molecule has 0 saturated carbocycles. The number of furan rings is 1. The number of nitrogens with zero attached hydrogens (tertiary/aromatic N) is 1. The highest BCUT2D eigenvalue weighted by Gasteiger charge is 2.35. The van der Waals surface area contributed by atoms with Crippen molar-refractivity contribution in [3.8, 4) is 0 Å². The van der Waals surface area contributed by atoms with Crippen LogP contribution < -0.4 is 0 Å². The molecule has 1 saturated heterocycles. The SMILES string of the molecule is Cc1oc(C(=O)O)cc1S(=O)(=O)N1CCCCC1CO. The number of hydrogen-bond acceptors (Lipinski definition) is 5. The van der Waals surface area contributed by atoms with Crippen molar-refractivity contribution in [2.24, 2.45) is 0 Å². The second-order valence-corrected chi connectivity index (χ2v) is 6.64. The number of aryl methyl sites for hydroxylation is 1. The molecule has 0 spiro atoms. The molecule has 1 aromatic rings. The highest BCUT2D eigenvalue weighted by Crippen LogP contribution is 2.28. The van der Waals surface area contributed by atoms with Gasteiger partial charge >= 0.3 is 5.97 Å². The van der Waals surface area contributed by atoms with Crippen molar-refractivity contribution in [3.05, 3.63) is 17.6 Å². The van der Waals surface area contributed by atoms with Crippen molar-refractivity contribution < 1.29 is 27.8 Å². The van der Waals surface area contributed by atoms with Gasteiger partial charge in [0.15, 0.2) is 0 Å². The van der Waals surface area contributed by atoms with Crippen molar-refractivity contribution in [1.82, 2.24) is 4.31 Å². The van der Waals surface area contributed by atoms with Crippen LogP contribution >= 0.6 is 0 Å². The van der Waals surface area contributed by atoms with Gasteiger partial charge in [-0.05, 0) is 19.8 Å². The second kappa shape index (κ2) is 5.55. The minimum absolute atomic E-state index is 0.0460. The first kappa shape index (κ1) is 15.0. The number of carbonyl (C=O) groups is 1. The van der Waals surface area contributed by atoms with Gasteiger partial charge in [0.1, 0.15) is 10.7 Å². The van der Waals surface area contributed by atoms with Crippen LogP contribution in [0.15, 0.2) is 15.4 Å². The minimum atomic E-state index is -3.85. The third kappa shape index (κ3) is 2.58. The molecule has 1 aliphatic rings. The van der Waals surface area contributed by atoms with E-state index in [4.69, 9.17) is 9.52 Å². The molecule has 1 fully saturated rings. The largest absolute Gasteiger partial charge is 0.475 e. The Balaban J connectivity index is 2.41.